The van der Waals surface area contributed by atoms with E-state index in [1.54, 1.807) is 14.1 Å². The number of allylic oxidation sites excluding steroid dienone is 1. The van der Waals surface area contributed by atoms with Crippen LogP contribution in [0.5, 0.6) is 0 Å². The topological polar surface area (TPSA) is 21.1 Å². The summed E-state index contributed by atoms with van der Waals surface area (Å²) in [6, 6.07) is 0. The molecule has 0 aromatic carbocycles. The van der Waals surface area contributed by atoms with Crippen LogP contribution in [0.3, 0.4) is 0 Å². The van der Waals surface area contributed by atoms with Crippen molar-refractivity contribution in [3.8, 4) is 0 Å². The minimum atomic E-state index is -6.18. The molecule has 0 bridgehead atoms. The molecule has 1 rings (SSSR count). The van der Waals surface area contributed by atoms with Crippen molar-refractivity contribution in [1.82, 2.24) is 14.7 Å². The van der Waals surface area contributed by atoms with E-state index in [1.165, 1.54) is 17.2 Å². The Morgan fingerprint density at radius 2 is 1.57 bits per heavy atom. The first kappa shape index (κ1) is 19.2. The van der Waals surface area contributed by atoms with Gasteiger partial charge in [-0.15, -0.1) is 0 Å². The first-order chi connectivity index (χ1) is 10.2. The fourth-order valence-corrected chi connectivity index (χ4v) is 1.82. The van der Waals surface area contributed by atoms with Gasteiger partial charge < -0.3 is 4.90 Å². The molecule has 0 spiro atoms. The van der Waals surface area contributed by atoms with Crippen LogP contribution in [0.15, 0.2) is 12.3 Å². The Morgan fingerprint density at radius 1 is 1.04 bits per heavy atom. The summed E-state index contributed by atoms with van der Waals surface area (Å²) in [6.07, 6.45) is -9.56. The third-order valence-corrected chi connectivity index (χ3v) is 2.82. The van der Waals surface area contributed by atoms with E-state index in [9.17, 15) is 35.1 Å². The summed E-state index contributed by atoms with van der Waals surface area (Å²) in [5.74, 6) is -5.71. The fraction of sp³-hybridized carbons (Fsp3) is 0.583. The van der Waals surface area contributed by atoms with Crippen LogP contribution >= 0.6 is 0 Å². The van der Waals surface area contributed by atoms with E-state index < -0.39 is 41.6 Å². The highest BCUT2D eigenvalue weighted by atomic mass is 19.4. The Balaban J connectivity index is 3.51. The van der Waals surface area contributed by atoms with Gasteiger partial charge in [0.05, 0.1) is 5.69 Å². The quantitative estimate of drug-likeness (QED) is 0.771. The van der Waals surface area contributed by atoms with Crippen molar-refractivity contribution >= 4 is 0 Å². The maximum atomic E-state index is 13.4. The molecule has 23 heavy (non-hydrogen) atoms. The highest BCUT2D eigenvalue weighted by Gasteiger charge is 2.63. The normalized spacial score (nSPS) is 13.9. The Kier molecular flexibility index (Phi) is 5.02. The van der Waals surface area contributed by atoms with Crippen LogP contribution < -0.4 is 0 Å². The molecule has 1 aromatic heterocycles. The van der Waals surface area contributed by atoms with Gasteiger partial charge in [-0.25, -0.2) is 0 Å². The number of rotatable bonds is 4. The molecule has 0 N–H and O–H groups in total. The lowest BCUT2D eigenvalue weighted by Crippen LogP contribution is -2.36. The molecule has 0 unspecified atom stereocenters. The Labute approximate surface area is 126 Å². The summed E-state index contributed by atoms with van der Waals surface area (Å²) < 4.78 is 103. The molecule has 0 aliphatic carbocycles. The van der Waals surface area contributed by atoms with Gasteiger partial charge in [-0.05, 0) is 6.20 Å². The van der Waals surface area contributed by atoms with E-state index in [0.717, 1.165) is 7.05 Å². The number of aromatic nitrogens is 2. The van der Waals surface area contributed by atoms with Gasteiger partial charge in [-0.1, -0.05) is 6.08 Å². The smallest absolute Gasteiger partial charge is 0.384 e. The minimum Gasteiger partial charge on any atom is -0.384 e. The van der Waals surface area contributed by atoms with Crippen molar-refractivity contribution in [3.63, 3.8) is 0 Å². The number of nitrogens with zero attached hydrogens (tertiary/aromatic N) is 3. The van der Waals surface area contributed by atoms with E-state index in [1.807, 2.05) is 0 Å². The molecule has 3 nitrogen and oxygen atoms in total. The van der Waals surface area contributed by atoms with E-state index >= 15 is 0 Å². The number of halogens is 8. The molecule has 0 saturated heterocycles. The average Bonchev–Trinajstić information content (AvgIpc) is 2.65. The van der Waals surface area contributed by atoms with Gasteiger partial charge in [-0.3, -0.25) is 4.68 Å². The maximum absolute atomic E-state index is 13.4. The molecule has 0 amide bonds. The van der Waals surface area contributed by atoms with Gasteiger partial charge in [0, 0.05) is 27.6 Å². The zero-order valence-corrected chi connectivity index (χ0v) is 12.2. The van der Waals surface area contributed by atoms with E-state index in [4.69, 9.17) is 0 Å². The van der Waals surface area contributed by atoms with Crippen molar-refractivity contribution in [1.29, 1.82) is 0 Å². The molecule has 1 aromatic rings. The lowest BCUT2D eigenvalue weighted by Gasteiger charge is -2.19. The number of hydrogen-bond acceptors (Lipinski definition) is 2. The third kappa shape index (κ3) is 3.94. The molecular weight excluding hydrogens is 338 g/mol. The standard InChI is InChI=1S/C12H13F8N3/c1-22(2)6-4-5-7-8(11(15,16)17)9(21-23(7)3)10(13,14)12(18,19)20/h4,6H,5H2,1-3H3/b6-4+. The highest BCUT2D eigenvalue weighted by Crippen LogP contribution is 2.48. The molecule has 132 valence electrons. The summed E-state index contributed by atoms with van der Waals surface area (Å²) in [7, 11) is 4.01. The molecule has 1 heterocycles. The van der Waals surface area contributed by atoms with Crippen molar-refractivity contribution in [2.24, 2.45) is 7.05 Å². The van der Waals surface area contributed by atoms with Crippen molar-refractivity contribution in [2.75, 3.05) is 14.1 Å². The first-order valence-corrected chi connectivity index (χ1v) is 6.10. The lowest BCUT2D eigenvalue weighted by atomic mass is 10.1. The second kappa shape index (κ2) is 6.00. The van der Waals surface area contributed by atoms with Crippen LogP contribution in [-0.4, -0.2) is 35.0 Å². The number of hydrogen-bond donors (Lipinski definition) is 0. The van der Waals surface area contributed by atoms with Crippen molar-refractivity contribution in [3.05, 3.63) is 29.2 Å². The fourth-order valence-electron chi connectivity index (χ4n) is 1.82. The van der Waals surface area contributed by atoms with Gasteiger partial charge in [0.1, 0.15) is 5.56 Å². The van der Waals surface area contributed by atoms with Crippen LogP contribution in [-0.2, 0) is 25.6 Å². The zero-order valence-electron chi connectivity index (χ0n) is 12.2. The van der Waals surface area contributed by atoms with Crippen LogP contribution in [0, 0.1) is 0 Å². The van der Waals surface area contributed by atoms with Gasteiger partial charge in [-0.2, -0.15) is 40.2 Å². The summed E-state index contributed by atoms with van der Waals surface area (Å²) >= 11 is 0. The van der Waals surface area contributed by atoms with Gasteiger partial charge in [0.15, 0.2) is 5.69 Å². The monoisotopic (exact) mass is 351 g/mol. The van der Waals surface area contributed by atoms with E-state index in [-0.39, 0.29) is 0 Å². The van der Waals surface area contributed by atoms with Crippen LogP contribution in [0.2, 0.25) is 0 Å². The SMILES string of the molecule is CN(C)/C=C/Cc1c(C(F)(F)F)c(C(F)(F)C(F)(F)F)nn1C. The Morgan fingerprint density at radius 3 is 1.96 bits per heavy atom. The lowest BCUT2D eigenvalue weighted by molar-refractivity contribution is -0.292. The molecular formula is C12H13F8N3. The summed E-state index contributed by atoms with van der Waals surface area (Å²) in [5, 5.41) is 2.79. The van der Waals surface area contributed by atoms with E-state index in [2.05, 4.69) is 5.10 Å². The average molecular weight is 351 g/mol. The second-order valence-corrected chi connectivity index (χ2v) is 4.92. The van der Waals surface area contributed by atoms with Crippen molar-refractivity contribution < 1.29 is 35.1 Å². The maximum Gasteiger partial charge on any atom is 0.459 e. The summed E-state index contributed by atoms with van der Waals surface area (Å²) in [5.41, 5.74) is -5.19. The highest BCUT2D eigenvalue weighted by molar-refractivity contribution is 5.34. The van der Waals surface area contributed by atoms with Gasteiger partial charge in [0.25, 0.3) is 0 Å². The largest absolute Gasteiger partial charge is 0.459 e. The molecule has 0 radical (unpaired) electrons. The Hall–Kier alpha value is -1.81. The number of aryl methyl sites for hydroxylation is 1. The van der Waals surface area contributed by atoms with Crippen molar-refractivity contribution in [2.45, 2.75) is 24.7 Å². The predicted octanol–water partition coefficient (Wildman–Crippen LogP) is 3.71. The Bertz CT molecular complexity index is 580. The van der Waals surface area contributed by atoms with Crippen LogP contribution in [0.1, 0.15) is 17.0 Å². The summed E-state index contributed by atoms with van der Waals surface area (Å²) in [4.78, 5) is 1.47. The van der Waals surface area contributed by atoms with Crippen LogP contribution in [0.4, 0.5) is 35.1 Å². The van der Waals surface area contributed by atoms with Gasteiger partial charge in [0.2, 0.25) is 0 Å². The summed E-state index contributed by atoms with van der Waals surface area (Å²) in [6.45, 7) is 0. The molecule has 0 fully saturated rings. The van der Waals surface area contributed by atoms with Crippen LogP contribution in [0.25, 0.3) is 0 Å². The molecule has 11 heteroatoms. The predicted molar refractivity (Wildman–Crippen MR) is 64.7 cm³/mol. The molecule has 0 saturated carbocycles. The van der Waals surface area contributed by atoms with Gasteiger partial charge >= 0.3 is 18.3 Å². The zero-order chi connectivity index (χ0) is 18.2. The molecule has 0 atom stereocenters. The third-order valence-electron chi connectivity index (χ3n) is 2.82. The van der Waals surface area contributed by atoms with E-state index in [0.29, 0.717) is 4.68 Å². The minimum absolute atomic E-state index is 0.387. The first-order valence-electron chi connectivity index (χ1n) is 6.10. The number of alkyl halides is 8. The molecule has 0 aliphatic heterocycles. The second-order valence-electron chi connectivity index (χ2n) is 4.92. The molecule has 0 aliphatic rings.